The normalized spacial score (nSPS) is 15.7. The van der Waals surface area contributed by atoms with Gasteiger partial charge < -0.3 is 10.2 Å². The fraction of sp³-hybridized carbons (Fsp3) is 0.769. The summed E-state index contributed by atoms with van der Waals surface area (Å²) in [5.74, 6) is 0. The molecule has 1 aromatic rings. The van der Waals surface area contributed by atoms with Gasteiger partial charge in [-0.2, -0.15) is 0 Å². The summed E-state index contributed by atoms with van der Waals surface area (Å²) in [6.07, 6.45) is 4.70. The Labute approximate surface area is 114 Å². The van der Waals surface area contributed by atoms with Gasteiger partial charge in [-0.25, -0.2) is 9.48 Å². The van der Waals surface area contributed by atoms with Gasteiger partial charge in [-0.3, -0.25) is 0 Å². The van der Waals surface area contributed by atoms with Crippen LogP contribution in [-0.2, 0) is 13.1 Å². The van der Waals surface area contributed by atoms with E-state index < -0.39 is 0 Å². The second-order valence-electron chi connectivity index (χ2n) is 5.15. The van der Waals surface area contributed by atoms with Crippen LogP contribution in [0.4, 0.5) is 4.79 Å². The number of hydrogen-bond acceptors (Lipinski definition) is 3. The molecule has 1 heterocycles. The van der Waals surface area contributed by atoms with Gasteiger partial charge in [0.2, 0.25) is 0 Å². The Hall–Kier alpha value is -1.59. The van der Waals surface area contributed by atoms with E-state index in [-0.39, 0.29) is 6.03 Å². The Morgan fingerprint density at radius 3 is 2.79 bits per heavy atom. The van der Waals surface area contributed by atoms with Crippen LogP contribution in [0, 0.1) is 6.92 Å². The molecule has 0 bridgehead atoms. The number of carbonyl (C=O) groups excluding carboxylic acids is 1. The molecule has 0 atom stereocenters. The van der Waals surface area contributed by atoms with Gasteiger partial charge in [0, 0.05) is 19.6 Å². The van der Waals surface area contributed by atoms with Gasteiger partial charge in [-0.1, -0.05) is 18.1 Å². The van der Waals surface area contributed by atoms with Crippen molar-refractivity contribution in [1.29, 1.82) is 0 Å². The van der Waals surface area contributed by atoms with Crippen molar-refractivity contribution in [3.8, 4) is 0 Å². The number of urea groups is 1. The molecule has 1 saturated carbocycles. The Morgan fingerprint density at radius 2 is 2.16 bits per heavy atom. The van der Waals surface area contributed by atoms with E-state index in [2.05, 4.69) is 15.6 Å². The summed E-state index contributed by atoms with van der Waals surface area (Å²) in [5, 5.41) is 11.0. The van der Waals surface area contributed by atoms with E-state index in [1.54, 1.807) is 0 Å². The highest BCUT2D eigenvalue weighted by atomic mass is 16.2. The van der Waals surface area contributed by atoms with Crippen LogP contribution in [0.5, 0.6) is 0 Å². The maximum Gasteiger partial charge on any atom is 0.317 e. The van der Waals surface area contributed by atoms with E-state index in [4.69, 9.17) is 0 Å². The summed E-state index contributed by atoms with van der Waals surface area (Å²) in [4.78, 5) is 13.9. The van der Waals surface area contributed by atoms with E-state index in [0.717, 1.165) is 30.8 Å². The predicted octanol–water partition coefficient (Wildman–Crippen LogP) is 1.69. The molecule has 106 valence electrons. The second kappa shape index (κ2) is 6.04. The maximum absolute atomic E-state index is 12.1. The Morgan fingerprint density at radius 1 is 1.47 bits per heavy atom. The van der Waals surface area contributed by atoms with Crippen molar-refractivity contribution in [3.05, 3.63) is 11.4 Å². The molecule has 2 amide bonds. The Bertz CT molecular complexity index is 436. The monoisotopic (exact) mass is 265 g/mol. The fourth-order valence-electron chi connectivity index (χ4n) is 2.63. The van der Waals surface area contributed by atoms with Crippen LogP contribution in [0.2, 0.25) is 0 Å². The summed E-state index contributed by atoms with van der Waals surface area (Å²) in [6.45, 7) is 5.19. The van der Waals surface area contributed by atoms with Crippen LogP contribution in [0.25, 0.3) is 0 Å². The highest BCUT2D eigenvalue weighted by molar-refractivity contribution is 5.74. The third-order valence-corrected chi connectivity index (χ3v) is 3.93. The van der Waals surface area contributed by atoms with E-state index in [1.165, 1.54) is 12.8 Å². The molecule has 0 unspecified atom stereocenters. The molecular formula is C13H23N5O. The second-order valence-corrected chi connectivity index (χ2v) is 5.15. The molecule has 1 aromatic heterocycles. The largest absolute Gasteiger partial charge is 0.332 e. The van der Waals surface area contributed by atoms with E-state index in [1.807, 2.05) is 30.5 Å². The summed E-state index contributed by atoms with van der Waals surface area (Å²) < 4.78 is 1.82. The minimum absolute atomic E-state index is 0.00449. The molecule has 0 radical (unpaired) electrons. The van der Waals surface area contributed by atoms with Crippen molar-refractivity contribution in [2.75, 3.05) is 7.05 Å². The molecule has 0 aliphatic heterocycles. The van der Waals surface area contributed by atoms with Crippen molar-refractivity contribution < 1.29 is 4.79 Å². The van der Waals surface area contributed by atoms with Gasteiger partial charge in [0.15, 0.2) is 0 Å². The lowest BCUT2D eigenvalue weighted by Gasteiger charge is -2.24. The first-order valence-electron chi connectivity index (χ1n) is 7.03. The maximum atomic E-state index is 12.1. The van der Waals surface area contributed by atoms with Gasteiger partial charge in [-0.05, 0) is 26.7 Å². The molecule has 6 nitrogen and oxygen atoms in total. The summed E-state index contributed by atoms with van der Waals surface area (Å²) >= 11 is 0. The third kappa shape index (κ3) is 3.05. The number of nitrogens with one attached hydrogen (secondary N) is 1. The lowest BCUT2D eigenvalue weighted by atomic mass is 10.2. The summed E-state index contributed by atoms with van der Waals surface area (Å²) in [6, 6.07) is 0.394. The summed E-state index contributed by atoms with van der Waals surface area (Å²) in [7, 11) is 1.88. The number of aromatic nitrogens is 3. The van der Waals surface area contributed by atoms with E-state index in [0.29, 0.717) is 12.6 Å². The first-order chi connectivity index (χ1) is 9.13. The van der Waals surface area contributed by atoms with Gasteiger partial charge in [-0.15, -0.1) is 5.10 Å². The van der Waals surface area contributed by atoms with Crippen molar-refractivity contribution >= 4 is 6.03 Å². The SMILES string of the molecule is CCn1nnc(C)c1CNC(=O)N(C)C1CCCC1. The van der Waals surface area contributed by atoms with Crippen LogP contribution >= 0.6 is 0 Å². The van der Waals surface area contributed by atoms with Crippen molar-refractivity contribution in [1.82, 2.24) is 25.2 Å². The number of rotatable bonds is 4. The van der Waals surface area contributed by atoms with Crippen molar-refractivity contribution in [2.45, 2.75) is 58.7 Å². The zero-order valence-corrected chi connectivity index (χ0v) is 12.0. The standard InChI is InChI=1S/C13H23N5O/c1-4-18-12(10(2)15-16-18)9-14-13(19)17(3)11-7-5-6-8-11/h11H,4-9H2,1-3H3,(H,14,19). The molecule has 6 heteroatoms. The number of nitrogens with zero attached hydrogens (tertiary/aromatic N) is 4. The first-order valence-corrected chi connectivity index (χ1v) is 7.03. The molecule has 1 aliphatic carbocycles. The molecule has 2 rings (SSSR count). The Balaban J connectivity index is 1.90. The minimum atomic E-state index is -0.00449. The van der Waals surface area contributed by atoms with Crippen LogP contribution < -0.4 is 5.32 Å². The van der Waals surface area contributed by atoms with Gasteiger partial charge in [0.25, 0.3) is 0 Å². The molecule has 1 fully saturated rings. The van der Waals surface area contributed by atoms with Gasteiger partial charge in [0.05, 0.1) is 17.9 Å². The molecule has 19 heavy (non-hydrogen) atoms. The molecule has 0 spiro atoms. The van der Waals surface area contributed by atoms with Crippen molar-refractivity contribution in [3.63, 3.8) is 0 Å². The topological polar surface area (TPSA) is 63.1 Å². The highest BCUT2D eigenvalue weighted by Crippen LogP contribution is 2.22. The summed E-state index contributed by atoms with van der Waals surface area (Å²) in [5.41, 5.74) is 1.86. The van der Waals surface area contributed by atoms with Crippen LogP contribution in [0.3, 0.4) is 0 Å². The lowest BCUT2D eigenvalue weighted by Crippen LogP contribution is -2.42. The average Bonchev–Trinajstić information content (AvgIpc) is 3.04. The Kier molecular flexibility index (Phi) is 4.39. The van der Waals surface area contributed by atoms with E-state index >= 15 is 0 Å². The van der Waals surface area contributed by atoms with Crippen molar-refractivity contribution in [2.24, 2.45) is 0 Å². The van der Waals surface area contributed by atoms with Crippen LogP contribution in [0.15, 0.2) is 0 Å². The number of hydrogen-bond donors (Lipinski definition) is 1. The third-order valence-electron chi connectivity index (χ3n) is 3.93. The number of carbonyl (C=O) groups is 1. The van der Waals surface area contributed by atoms with Gasteiger partial charge in [0.1, 0.15) is 0 Å². The predicted molar refractivity (Wildman–Crippen MR) is 72.7 cm³/mol. The number of aryl methyl sites for hydroxylation is 2. The average molecular weight is 265 g/mol. The van der Waals surface area contributed by atoms with E-state index in [9.17, 15) is 4.79 Å². The smallest absolute Gasteiger partial charge is 0.317 e. The molecular weight excluding hydrogens is 242 g/mol. The fourth-order valence-corrected chi connectivity index (χ4v) is 2.63. The minimum Gasteiger partial charge on any atom is -0.332 e. The molecule has 0 aromatic carbocycles. The van der Waals surface area contributed by atoms with Crippen LogP contribution in [-0.4, -0.2) is 39.0 Å². The number of amides is 2. The first kappa shape index (κ1) is 13.8. The molecule has 1 aliphatic rings. The lowest BCUT2D eigenvalue weighted by molar-refractivity contribution is 0.190. The molecule has 0 saturated heterocycles. The zero-order valence-electron chi connectivity index (χ0n) is 12.0. The zero-order chi connectivity index (χ0) is 13.8. The van der Waals surface area contributed by atoms with Crippen LogP contribution in [0.1, 0.15) is 44.0 Å². The quantitative estimate of drug-likeness (QED) is 0.901. The highest BCUT2D eigenvalue weighted by Gasteiger charge is 2.23. The molecule has 1 N–H and O–H groups in total. The van der Waals surface area contributed by atoms with Gasteiger partial charge >= 0.3 is 6.03 Å².